The van der Waals surface area contributed by atoms with Crippen LogP contribution in [-0.2, 0) is 28.7 Å². The zero-order valence-corrected chi connectivity index (χ0v) is 28.5. The zero-order chi connectivity index (χ0) is 33.3. The van der Waals surface area contributed by atoms with Gasteiger partial charge in [0, 0.05) is 60.1 Å². The van der Waals surface area contributed by atoms with E-state index in [1.165, 1.54) is 41.6 Å². The standard InChI is InChI=1S/C32H40BrF3N6O4S/c33-25-15-20(14-24(28(25)37)32(34,35)36)16-27(29(43)40-10-4-22(5-11-40)39-8-2-1-3-9-39)46-31(45)41-12-6-23(7-13-41)42-17-21-18-47-19-26(21)38-30(42)44/h14-15,18-19,22-23,27H,1-13,16-17,37H2,(H,38,44)/t27-/m1/s1. The Bertz CT molecular complexity index is 1470. The molecule has 0 radical (unpaired) electrons. The molecule has 3 fully saturated rings. The van der Waals surface area contributed by atoms with Crippen LogP contribution in [0.25, 0.3) is 0 Å². The highest BCUT2D eigenvalue weighted by Crippen LogP contribution is 2.38. The number of nitrogens with zero attached hydrogens (tertiary/aromatic N) is 4. The number of hydrogen-bond acceptors (Lipinski definition) is 7. The summed E-state index contributed by atoms with van der Waals surface area (Å²) >= 11 is 4.66. The summed E-state index contributed by atoms with van der Waals surface area (Å²) in [5, 5.41) is 6.84. The molecule has 1 aromatic carbocycles. The highest BCUT2D eigenvalue weighted by atomic mass is 79.9. The number of piperidine rings is 3. The Kier molecular flexibility index (Phi) is 10.2. The number of halogens is 4. The first-order valence-electron chi connectivity index (χ1n) is 16.2. The molecule has 6 rings (SSSR count). The molecule has 0 aliphatic carbocycles. The van der Waals surface area contributed by atoms with Gasteiger partial charge < -0.3 is 35.4 Å². The van der Waals surface area contributed by atoms with Gasteiger partial charge in [-0.15, -0.1) is 11.3 Å². The van der Waals surface area contributed by atoms with Crippen LogP contribution in [0.3, 0.4) is 0 Å². The van der Waals surface area contributed by atoms with E-state index in [0.29, 0.717) is 51.6 Å². The predicted molar refractivity (Wildman–Crippen MR) is 176 cm³/mol. The molecule has 15 heteroatoms. The molecule has 1 atom stereocenters. The third kappa shape index (κ3) is 7.67. The van der Waals surface area contributed by atoms with Crippen molar-refractivity contribution >= 4 is 56.7 Å². The molecule has 5 heterocycles. The summed E-state index contributed by atoms with van der Waals surface area (Å²) in [4.78, 5) is 47.6. The van der Waals surface area contributed by atoms with E-state index in [9.17, 15) is 27.6 Å². The molecular weight excluding hydrogens is 701 g/mol. The van der Waals surface area contributed by atoms with Crippen LogP contribution in [0.5, 0.6) is 0 Å². The average Bonchev–Trinajstić information content (AvgIpc) is 3.52. The van der Waals surface area contributed by atoms with Gasteiger partial charge in [0.25, 0.3) is 5.91 Å². The minimum Gasteiger partial charge on any atom is -0.436 e. The number of carbonyl (C=O) groups is 3. The molecule has 4 amide bonds. The number of hydrogen-bond donors (Lipinski definition) is 2. The number of anilines is 2. The quantitative estimate of drug-likeness (QED) is 0.344. The topological polar surface area (TPSA) is 111 Å². The smallest absolute Gasteiger partial charge is 0.418 e. The van der Waals surface area contributed by atoms with E-state index in [4.69, 9.17) is 10.5 Å². The Morgan fingerprint density at radius 1 is 0.979 bits per heavy atom. The van der Waals surface area contributed by atoms with Crippen molar-refractivity contribution in [1.29, 1.82) is 0 Å². The van der Waals surface area contributed by atoms with Crippen molar-refractivity contribution in [2.75, 3.05) is 50.3 Å². The number of thiophene rings is 1. The molecule has 0 unspecified atom stereocenters. The first-order valence-corrected chi connectivity index (χ1v) is 18.0. The fourth-order valence-electron chi connectivity index (χ4n) is 7.21. The number of nitrogen functional groups attached to an aromatic ring is 1. The number of urea groups is 1. The minimum absolute atomic E-state index is 0.0561. The van der Waals surface area contributed by atoms with Crippen molar-refractivity contribution in [2.24, 2.45) is 0 Å². The number of likely N-dealkylation sites (tertiary alicyclic amines) is 3. The second-order valence-corrected chi connectivity index (χ2v) is 14.5. The molecule has 0 bridgehead atoms. The van der Waals surface area contributed by atoms with E-state index in [-0.39, 0.29) is 28.5 Å². The van der Waals surface area contributed by atoms with Gasteiger partial charge in [-0.1, -0.05) is 6.42 Å². The largest absolute Gasteiger partial charge is 0.436 e. The third-order valence-electron chi connectivity index (χ3n) is 9.87. The van der Waals surface area contributed by atoms with Gasteiger partial charge in [0.05, 0.1) is 23.5 Å². The van der Waals surface area contributed by atoms with Gasteiger partial charge in [-0.2, -0.15) is 13.2 Å². The highest BCUT2D eigenvalue weighted by molar-refractivity contribution is 9.10. The number of carbonyl (C=O) groups excluding carboxylic acids is 3. The number of rotatable bonds is 6. The van der Waals surface area contributed by atoms with Crippen LogP contribution in [0.4, 0.5) is 34.1 Å². The summed E-state index contributed by atoms with van der Waals surface area (Å²) in [6, 6.07) is 2.51. The van der Waals surface area contributed by atoms with Crippen molar-refractivity contribution in [2.45, 2.75) is 82.3 Å². The lowest BCUT2D eigenvalue weighted by molar-refractivity contribution is -0.142. The molecule has 10 nitrogen and oxygen atoms in total. The van der Waals surface area contributed by atoms with Crippen molar-refractivity contribution in [3.05, 3.63) is 44.1 Å². The summed E-state index contributed by atoms with van der Waals surface area (Å²) in [6.07, 6.45) is -0.702. The van der Waals surface area contributed by atoms with Gasteiger partial charge in [0.1, 0.15) is 0 Å². The Morgan fingerprint density at radius 3 is 2.32 bits per heavy atom. The summed E-state index contributed by atoms with van der Waals surface area (Å²) in [5.41, 5.74) is 6.33. The number of benzene rings is 1. The van der Waals surface area contributed by atoms with Crippen LogP contribution in [0.2, 0.25) is 0 Å². The normalized spacial score (nSPS) is 20.9. The van der Waals surface area contributed by atoms with Gasteiger partial charge in [-0.25, -0.2) is 9.59 Å². The van der Waals surface area contributed by atoms with Crippen LogP contribution < -0.4 is 11.1 Å². The Balaban J connectivity index is 1.13. The number of nitrogens with one attached hydrogen (secondary N) is 1. The van der Waals surface area contributed by atoms with E-state index >= 15 is 0 Å². The number of nitrogens with two attached hydrogens (primary N) is 1. The molecule has 256 valence electrons. The fraction of sp³-hybridized carbons (Fsp3) is 0.594. The maximum atomic E-state index is 13.9. The Morgan fingerprint density at radius 2 is 1.64 bits per heavy atom. The molecule has 0 spiro atoms. The van der Waals surface area contributed by atoms with E-state index in [1.807, 2.05) is 10.8 Å². The minimum atomic E-state index is -4.70. The Hall–Kier alpha value is -3.04. The lowest BCUT2D eigenvalue weighted by Gasteiger charge is -2.41. The molecule has 0 saturated carbocycles. The maximum Gasteiger partial charge on any atom is 0.418 e. The van der Waals surface area contributed by atoms with Crippen LogP contribution in [0, 0.1) is 0 Å². The van der Waals surface area contributed by atoms with Crippen molar-refractivity contribution in [3.8, 4) is 0 Å². The fourth-order valence-corrected chi connectivity index (χ4v) is 8.50. The second-order valence-electron chi connectivity index (χ2n) is 12.9. The van der Waals surface area contributed by atoms with Gasteiger partial charge in [-0.05, 0) is 90.6 Å². The molecule has 2 aromatic rings. The first kappa shape index (κ1) is 33.8. The van der Waals surface area contributed by atoms with Crippen molar-refractivity contribution in [3.63, 3.8) is 0 Å². The van der Waals surface area contributed by atoms with Crippen LogP contribution >= 0.6 is 27.3 Å². The highest BCUT2D eigenvalue weighted by Gasteiger charge is 2.38. The summed E-state index contributed by atoms with van der Waals surface area (Å²) in [6.45, 7) is 4.23. The first-order chi connectivity index (χ1) is 22.5. The molecule has 3 N–H and O–H groups in total. The van der Waals surface area contributed by atoms with Gasteiger partial charge >= 0.3 is 18.3 Å². The number of ether oxygens (including phenoxy) is 1. The third-order valence-corrected chi connectivity index (χ3v) is 11.3. The van der Waals surface area contributed by atoms with Crippen molar-refractivity contribution < 1.29 is 32.3 Å². The monoisotopic (exact) mass is 740 g/mol. The van der Waals surface area contributed by atoms with Crippen LogP contribution in [0.15, 0.2) is 27.4 Å². The number of fused-ring (bicyclic) bond motifs is 1. The molecule has 47 heavy (non-hydrogen) atoms. The number of amides is 4. The number of alkyl halides is 3. The van der Waals surface area contributed by atoms with E-state index in [2.05, 4.69) is 26.1 Å². The van der Waals surface area contributed by atoms with Gasteiger partial charge in [0.15, 0.2) is 6.10 Å². The second kappa shape index (κ2) is 14.2. The van der Waals surface area contributed by atoms with Gasteiger partial charge in [-0.3, -0.25) is 4.79 Å². The van der Waals surface area contributed by atoms with Crippen molar-refractivity contribution in [1.82, 2.24) is 19.6 Å². The molecule has 4 aliphatic heterocycles. The predicted octanol–water partition coefficient (Wildman–Crippen LogP) is 6.15. The lowest BCUT2D eigenvalue weighted by atomic mass is 9.98. The van der Waals surface area contributed by atoms with Crippen LogP contribution in [0.1, 0.15) is 61.6 Å². The molecule has 4 aliphatic rings. The summed E-state index contributed by atoms with van der Waals surface area (Å²) < 4.78 is 47.3. The average molecular weight is 742 g/mol. The Labute approximate surface area is 284 Å². The summed E-state index contributed by atoms with van der Waals surface area (Å²) in [5.74, 6) is -0.414. The molecule has 1 aromatic heterocycles. The zero-order valence-electron chi connectivity index (χ0n) is 26.1. The van der Waals surface area contributed by atoms with E-state index < -0.39 is 35.5 Å². The lowest BCUT2D eigenvalue weighted by Crippen LogP contribution is -2.53. The maximum absolute atomic E-state index is 13.9. The SMILES string of the molecule is Nc1c(Br)cc(C[C@@H](OC(=O)N2CCC(N3Cc4cscc4NC3=O)CC2)C(=O)N2CCC(N3CCCCC3)CC2)cc1C(F)(F)F. The van der Waals surface area contributed by atoms with Crippen LogP contribution in [-0.4, -0.2) is 95.1 Å². The van der Waals surface area contributed by atoms with Gasteiger partial charge in [0.2, 0.25) is 0 Å². The van der Waals surface area contributed by atoms with E-state index in [0.717, 1.165) is 43.2 Å². The molecule has 3 saturated heterocycles. The summed E-state index contributed by atoms with van der Waals surface area (Å²) in [7, 11) is 0. The molecular formula is C32H40BrF3N6O4S. The van der Waals surface area contributed by atoms with E-state index in [1.54, 1.807) is 9.80 Å².